The lowest BCUT2D eigenvalue weighted by atomic mass is 9.84. The molecule has 118 valence electrons. The highest BCUT2D eigenvalue weighted by molar-refractivity contribution is 7.85. The van der Waals surface area contributed by atoms with Crippen LogP contribution in [0, 0.1) is 18.3 Å². The van der Waals surface area contributed by atoms with Crippen LogP contribution in [-0.2, 0) is 25.7 Å². The largest absolute Gasteiger partial charge is 0.468 e. The first-order chi connectivity index (χ1) is 10.9. The number of hydrogen-bond donors (Lipinski definition) is 0. The molecule has 5 heteroatoms. The monoisotopic (exact) mass is 327 g/mol. The number of rotatable bonds is 4. The molecule has 0 saturated carbocycles. The van der Waals surface area contributed by atoms with Crippen molar-refractivity contribution in [2.45, 2.75) is 29.1 Å². The molecule has 2 rings (SSSR count). The van der Waals surface area contributed by atoms with Crippen molar-refractivity contribution in [1.29, 1.82) is 5.26 Å². The van der Waals surface area contributed by atoms with Crippen molar-refractivity contribution >= 4 is 16.8 Å². The average Bonchev–Trinajstić information content (AvgIpc) is 2.60. The number of ether oxygens (including phenoxy) is 1. The van der Waals surface area contributed by atoms with E-state index in [2.05, 4.69) is 0 Å². The van der Waals surface area contributed by atoms with Gasteiger partial charge in [0.25, 0.3) is 0 Å². The van der Waals surface area contributed by atoms with E-state index in [-0.39, 0.29) is 0 Å². The van der Waals surface area contributed by atoms with Gasteiger partial charge >= 0.3 is 5.97 Å². The summed E-state index contributed by atoms with van der Waals surface area (Å²) in [5, 5.41) is 9.50. The first kappa shape index (κ1) is 16.9. The van der Waals surface area contributed by atoms with Crippen LogP contribution in [-0.4, -0.2) is 17.3 Å². The van der Waals surface area contributed by atoms with Gasteiger partial charge in [0.15, 0.2) is 5.41 Å². The van der Waals surface area contributed by atoms with Gasteiger partial charge in [-0.2, -0.15) is 5.26 Å². The molecule has 0 aromatic heterocycles. The Morgan fingerprint density at radius 2 is 1.78 bits per heavy atom. The highest BCUT2D eigenvalue weighted by Gasteiger charge is 2.39. The van der Waals surface area contributed by atoms with Gasteiger partial charge in [-0.05, 0) is 37.6 Å². The van der Waals surface area contributed by atoms with E-state index in [9.17, 15) is 14.3 Å². The zero-order valence-corrected chi connectivity index (χ0v) is 14.0. The summed E-state index contributed by atoms with van der Waals surface area (Å²) in [5.74, 6) is -0.673. The molecule has 0 aliphatic carbocycles. The summed E-state index contributed by atoms with van der Waals surface area (Å²) in [7, 11) is -0.259. The lowest BCUT2D eigenvalue weighted by molar-refractivity contribution is -0.144. The Hall–Kier alpha value is -2.45. The molecule has 0 fully saturated rings. The molecule has 0 spiro atoms. The Bertz CT molecular complexity index is 793. The summed E-state index contributed by atoms with van der Waals surface area (Å²) in [5.41, 5.74) is -0.0465. The maximum absolute atomic E-state index is 12.9. The molecular weight excluding hydrogens is 310 g/mol. The zero-order chi connectivity index (χ0) is 17.0. The van der Waals surface area contributed by atoms with Crippen LogP contribution in [0.25, 0.3) is 0 Å². The Labute approximate surface area is 138 Å². The Kier molecular flexibility index (Phi) is 4.97. The molecule has 2 aromatic carbocycles. The van der Waals surface area contributed by atoms with E-state index >= 15 is 0 Å². The minimum absolute atomic E-state index is 0.397. The minimum atomic E-state index is -1.51. The summed E-state index contributed by atoms with van der Waals surface area (Å²) in [6, 6.07) is 16.1. The van der Waals surface area contributed by atoms with Gasteiger partial charge in [0.05, 0.1) is 24.0 Å². The summed E-state index contributed by atoms with van der Waals surface area (Å²) >= 11 is 0. The molecule has 4 nitrogen and oxygen atoms in total. The second kappa shape index (κ2) is 6.76. The molecule has 2 atom stereocenters. The number of aryl methyl sites for hydroxylation is 1. The summed E-state index contributed by atoms with van der Waals surface area (Å²) in [6.45, 7) is 3.43. The number of nitriles is 1. The number of esters is 1. The lowest BCUT2D eigenvalue weighted by Gasteiger charge is -2.21. The summed E-state index contributed by atoms with van der Waals surface area (Å²) < 4.78 is 17.7. The predicted octanol–water partition coefficient (Wildman–Crippen LogP) is 3.12. The van der Waals surface area contributed by atoms with Crippen LogP contribution in [0.3, 0.4) is 0 Å². The van der Waals surface area contributed by atoms with Crippen molar-refractivity contribution in [3.63, 3.8) is 0 Å². The number of nitrogens with zero attached hydrogens (tertiary/aromatic N) is 1. The molecule has 0 aliphatic rings. The number of methoxy groups -OCH3 is 1. The van der Waals surface area contributed by atoms with Crippen LogP contribution in [0.1, 0.15) is 18.1 Å². The standard InChI is InChI=1S/C18H17NO3S/c1-13-8-10-14(11-9-13)23(21)16-7-5-4-6-15(16)18(2,12-19)17(20)22-3/h4-11H,1-3H3/t18-,23?/m1/s1. The number of hydrogen-bond acceptors (Lipinski definition) is 4. The Balaban J connectivity index is 2.58. The van der Waals surface area contributed by atoms with E-state index in [1.807, 2.05) is 25.1 Å². The highest BCUT2D eigenvalue weighted by Crippen LogP contribution is 2.31. The van der Waals surface area contributed by atoms with Crippen LogP contribution in [0.15, 0.2) is 58.3 Å². The number of carbonyl (C=O) groups is 1. The maximum Gasteiger partial charge on any atom is 0.330 e. The quantitative estimate of drug-likeness (QED) is 0.809. The van der Waals surface area contributed by atoms with Gasteiger partial charge in [0, 0.05) is 9.79 Å². The molecule has 2 aromatic rings. The van der Waals surface area contributed by atoms with Crippen LogP contribution in [0.2, 0.25) is 0 Å². The molecule has 0 bridgehead atoms. The fraction of sp³-hybridized carbons (Fsp3) is 0.222. The van der Waals surface area contributed by atoms with E-state index in [4.69, 9.17) is 4.74 Å². The van der Waals surface area contributed by atoms with E-state index < -0.39 is 22.2 Å². The van der Waals surface area contributed by atoms with Gasteiger partial charge in [-0.1, -0.05) is 35.9 Å². The summed E-state index contributed by atoms with van der Waals surface area (Å²) in [6.07, 6.45) is 0. The predicted molar refractivity (Wildman–Crippen MR) is 87.3 cm³/mol. The average molecular weight is 327 g/mol. The van der Waals surface area contributed by atoms with Crippen molar-refractivity contribution in [3.05, 3.63) is 59.7 Å². The third-order valence-corrected chi connectivity index (χ3v) is 5.13. The van der Waals surface area contributed by atoms with Gasteiger partial charge in [-0.15, -0.1) is 0 Å². The molecule has 0 heterocycles. The van der Waals surface area contributed by atoms with Crippen molar-refractivity contribution in [2.24, 2.45) is 0 Å². The van der Waals surface area contributed by atoms with Crippen molar-refractivity contribution in [2.75, 3.05) is 7.11 Å². The Morgan fingerprint density at radius 3 is 2.35 bits per heavy atom. The van der Waals surface area contributed by atoms with Gasteiger partial charge in [-0.25, -0.2) is 9.00 Å². The van der Waals surface area contributed by atoms with Crippen molar-refractivity contribution in [3.8, 4) is 6.07 Å². The normalized spacial score (nSPS) is 14.3. The van der Waals surface area contributed by atoms with Crippen molar-refractivity contribution in [1.82, 2.24) is 0 Å². The Morgan fingerprint density at radius 1 is 1.17 bits per heavy atom. The molecule has 0 radical (unpaired) electrons. The fourth-order valence-corrected chi connectivity index (χ4v) is 3.56. The number of benzene rings is 2. The second-order valence-electron chi connectivity index (χ2n) is 5.31. The highest BCUT2D eigenvalue weighted by atomic mass is 32.2. The third kappa shape index (κ3) is 3.17. The number of carbonyl (C=O) groups excluding carboxylic acids is 1. The second-order valence-corrected chi connectivity index (χ2v) is 6.76. The van der Waals surface area contributed by atoms with Crippen LogP contribution in [0.5, 0.6) is 0 Å². The molecule has 23 heavy (non-hydrogen) atoms. The SMILES string of the molecule is COC(=O)[C@](C)(C#N)c1ccccc1S(=O)c1ccc(C)cc1. The lowest BCUT2D eigenvalue weighted by Crippen LogP contribution is -2.33. The molecule has 1 unspecified atom stereocenters. The minimum Gasteiger partial charge on any atom is -0.468 e. The topological polar surface area (TPSA) is 67.2 Å². The van der Waals surface area contributed by atoms with E-state index in [1.54, 1.807) is 36.4 Å². The first-order valence-corrected chi connectivity index (χ1v) is 8.16. The smallest absolute Gasteiger partial charge is 0.330 e. The van der Waals surface area contributed by atoms with Crippen molar-refractivity contribution < 1.29 is 13.7 Å². The molecule has 0 amide bonds. The third-order valence-electron chi connectivity index (χ3n) is 3.68. The van der Waals surface area contributed by atoms with E-state index in [0.29, 0.717) is 15.4 Å². The zero-order valence-electron chi connectivity index (χ0n) is 13.2. The molecule has 0 N–H and O–H groups in total. The van der Waals surface area contributed by atoms with Gasteiger partial charge in [0.1, 0.15) is 0 Å². The molecule has 0 saturated heterocycles. The van der Waals surface area contributed by atoms with Gasteiger partial charge in [-0.3, -0.25) is 0 Å². The molecular formula is C18H17NO3S. The van der Waals surface area contributed by atoms with E-state index in [1.165, 1.54) is 14.0 Å². The van der Waals surface area contributed by atoms with Gasteiger partial charge in [0.2, 0.25) is 0 Å². The van der Waals surface area contributed by atoms with Crippen LogP contribution < -0.4 is 0 Å². The summed E-state index contributed by atoms with van der Waals surface area (Å²) in [4.78, 5) is 13.1. The van der Waals surface area contributed by atoms with Crippen LogP contribution >= 0.6 is 0 Å². The first-order valence-electron chi connectivity index (χ1n) is 7.01. The van der Waals surface area contributed by atoms with E-state index in [0.717, 1.165) is 5.56 Å². The van der Waals surface area contributed by atoms with Gasteiger partial charge < -0.3 is 4.74 Å². The van der Waals surface area contributed by atoms with Crippen LogP contribution in [0.4, 0.5) is 0 Å². The molecule has 0 aliphatic heterocycles. The maximum atomic E-state index is 12.9. The fourth-order valence-electron chi connectivity index (χ4n) is 2.25.